The molecule has 0 amide bonds. The Balaban J connectivity index is 2.68. The predicted octanol–water partition coefficient (Wildman–Crippen LogP) is 0.833. The van der Waals surface area contributed by atoms with Gasteiger partial charge in [0.15, 0.2) is 0 Å². The van der Waals surface area contributed by atoms with Gasteiger partial charge in [-0.25, -0.2) is 0 Å². The van der Waals surface area contributed by atoms with Crippen molar-refractivity contribution in [1.29, 1.82) is 0 Å². The highest BCUT2D eigenvalue weighted by Gasteiger charge is 1.86. The third-order valence-corrected chi connectivity index (χ3v) is 1.05. The molecular weight excluding hydrogens is 110 g/mol. The number of rotatable bonds is 0. The van der Waals surface area contributed by atoms with E-state index >= 15 is 0 Å². The maximum atomic E-state index is 5.51. The molecule has 2 N–H and O–H groups in total. The lowest BCUT2D eigenvalue weighted by molar-refractivity contribution is 1.06. The lowest BCUT2D eigenvalue weighted by Gasteiger charge is -1.93. The minimum Gasteiger partial charge on any atom is -0.314 e. The fourth-order valence-electron chi connectivity index (χ4n) is 0.614. The van der Waals surface area contributed by atoms with E-state index < -0.39 is 0 Å². The van der Waals surface area contributed by atoms with E-state index in [1.165, 1.54) is 0 Å². The average Bonchev–Trinajstić information content (AvgIpc) is 1.79. The first-order valence-electron chi connectivity index (χ1n) is 2.97. The molecule has 0 saturated carbocycles. The molecule has 1 nitrogen and oxygen atoms in total. The summed E-state index contributed by atoms with van der Waals surface area (Å²) in [5.41, 5.74) is 5.51. The van der Waals surface area contributed by atoms with Crippen LogP contribution in [0, 0.1) is 11.8 Å². The molecule has 0 fully saturated rings. The van der Waals surface area contributed by atoms with E-state index in [2.05, 4.69) is 11.8 Å². The summed E-state index contributed by atoms with van der Waals surface area (Å²) in [6.07, 6.45) is 8.60. The summed E-state index contributed by atoms with van der Waals surface area (Å²) in [6.45, 7) is 0. The first-order valence-corrected chi connectivity index (χ1v) is 2.97. The fraction of sp³-hybridized carbons (Fsp3) is 0.250. The molecule has 1 unspecified atom stereocenters. The third kappa shape index (κ3) is 2.16. The van der Waals surface area contributed by atoms with Gasteiger partial charge in [0.05, 0.1) is 6.04 Å². The Morgan fingerprint density at radius 2 is 2.33 bits per heavy atom. The summed E-state index contributed by atoms with van der Waals surface area (Å²) in [5, 5.41) is 0. The van der Waals surface area contributed by atoms with Gasteiger partial charge in [-0.1, -0.05) is 36.1 Å². The zero-order chi connectivity index (χ0) is 6.53. The molecule has 0 saturated heterocycles. The maximum Gasteiger partial charge on any atom is 0.0853 e. The molecule has 1 aliphatic carbocycles. The lowest BCUT2D eigenvalue weighted by Crippen LogP contribution is -2.13. The molecule has 0 aromatic heterocycles. The molecule has 9 heavy (non-hydrogen) atoms. The Morgan fingerprint density at radius 1 is 1.44 bits per heavy atom. The van der Waals surface area contributed by atoms with Crippen LogP contribution in [-0.4, -0.2) is 6.04 Å². The minimum absolute atomic E-state index is 0.0741. The molecule has 1 aliphatic rings. The van der Waals surface area contributed by atoms with Gasteiger partial charge in [-0.05, 0) is 0 Å². The largest absolute Gasteiger partial charge is 0.314 e. The number of hydrogen-bond donors (Lipinski definition) is 1. The van der Waals surface area contributed by atoms with E-state index in [-0.39, 0.29) is 6.04 Å². The highest BCUT2D eigenvalue weighted by Crippen LogP contribution is 1.88. The Kier molecular flexibility index (Phi) is 2.12. The molecule has 0 aromatic rings. The smallest absolute Gasteiger partial charge is 0.0853 e. The zero-order valence-corrected chi connectivity index (χ0v) is 5.17. The monoisotopic (exact) mass is 119 g/mol. The van der Waals surface area contributed by atoms with Gasteiger partial charge < -0.3 is 5.73 Å². The first-order chi connectivity index (χ1) is 4.39. The van der Waals surface area contributed by atoms with Crippen LogP contribution in [0.3, 0.4) is 0 Å². The second-order valence-corrected chi connectivity index (χ2v) is 1.86. The van der Waals surface area contributed by atoms with Crippen molar-refractivity contribution in [1.82, 2.24) is 0 Å². The Labute approximate surface area is 55.2 Å². The molecule has 0 bridgehead atoms. The number of allylic oxidation sites excluding steroid dienone is 3. The van der Waals surface area contributed by atoms with E-state index in [0.29, 0.717) is 0 Å². The van der Waals surface area contributed by atoms with Crippen LogP contribution in [0.1, 0.15) is 6.42 Å². The first kappa shape index (κ1) is 6.12. The normalized spacial score (nSPS) is 23.9. The van der Waals surface area contributed by atoms with Gasteiger partial charge in [0.2, 0.25) is 0 Å². The summed E-state index contributed by atoms with van der Waals surface area (Å²) >= 11 is 0. The van der Waals surface area contributed by atoms with Crippen molar-refractivity contribution in [3.63, 3.8) is 0 Å². The summed E-state index contributed by atoms with van der Waals surface area (Å²) in [7, 11) is 0. The second-order valence-electron chi connectivity index (χ2n) is 1.86. The Morgan fingerprint density at radius 3 is 3.22 bits per heavy atom. The van der Waals surface area contributed by atoms with Crippen LogP contribution in [0.15, 0.2) is 24.3 Å². The summed E-state index contributed by atoms with van der Waals surface area (Å²) in [5.74, 6) is 5.80. The molecule has 0 spiro atoms. The molecule has 0 heterocycles. The van der Waals surface area contributed by atoms with Crippen LogP contribution < -0.4 is 5.73 Å². The lowest BCUT2D eigenvalue weighted by atomic mass is 10.2. The molecular formula is C8H9N. The highest BCUT2D eigenvalue weighted by atomic mass is 14.6. The maximum absolute atomic E-state index is 5.51. The van der Waals surface area contributed by atoms with Crippen LogP contribution in [-0.2, 0) is 0 Å². The van der Waals surface area contributed by atoms with E-state index in [0.717, 1.165) is 6.42 Å². The Bertz CT molecular complexity index is 190. The van der Waals surface area contributed by atoms with Gasteiger partial charge in [-0.3, -0.25) is 0 Å². The average molecular weight is 119 g/mol. The third-order valence-electron chi connectivity index (χ3n) is 1.05. The van der Waals surface area contributed by atoms with E-state index in [1.807, 2.05) is 24.3 Å². The van der Waals surface area contributed by atoms with Crippen molar-refractivity contribution >= 4 is 0 Å². The van der Waals surface area contributed by atoms with Crippen LogP contribution in [0.5, 0.6) is 0 Å². The topological polar surface area (TPSA) is 26.0 Å². The minimum atomic E-state index is -0.0741. The van der Waals surface area contributed by atoms with E-state index in [1.54, 1.807) is 0 Å². The van der Waals surface area contributed by atoms with Crippen LogP contribution in [0.25, 0.3) is 0 Å². The van der Waals surface area contributed by atoms with Gasteiger partial charge in [-0.15, -0.1) is 0 Å². The van der Waals surface area contributed by atoms with Gasteiger partial charge in [-0.2, -0.15) is 0 Å². The van der Waals surface area contributed by atoms with E-state index in [9.17, 15) is 0 Å². The van der Waals surface area contributed by atoms with Crippen molar-refractivity contribution in [3.8, 4) is 11.8 Å². The van der Waals surface area contributed by atoms with Crippen LogP contribution in [0.4, 0.5) is 0 Å². The number of nitrogens with two attached hydrogens (primary N) is 1. The van der Waals surface area contributed by atoms with Crippen molar-refractivity contribution in [2.45, 2.75) is 12.5 Å². The molecule has 1 rings (SSSR count). The SMILES string of the molecule is NC1C#CCC=CC=C1. The summed E-state index contributed by atoms with van der Waals surface area (Å²) < 4.78 is 0. The van der Waals surface area contributed by atoms with E-state index in [4.69, 9.17) is 5.73 Å². The molecule has 46 valence electrons. The van der Waals surface area contributed by atoms with Gasteiger partial charge in [0.25, 0.3) is 0 Å². The van der Waals surface area contributed by atoms with Gasteiger partial charge in [0, 0.05) is 6.42 Å². The highest BCUT2D eigenvalue weighted by molar-refractivity contribution is 5.22. The number of hydrogen-bond acceptors (Lipinski definition) is 1. The summed E-state index contributed by atoms with van der Waals surface area (Å²) in [6, 6.07) is -0.0741. The molecule has 0 aromatic carbocycles. The molecule has 1 heteroatoms. The standard InChI is InChI=1S/C8H9N/c9-8-6-4-2-1-3-5-7-8/h1-2,4,6,8H,3,9H2. The van der Waals surface area contributed by atoms with Crippen LogP contribution >= 0.6 is 0 Å². The van der Waals surface area contributed by atoms with Crippen molar-refractivity contribution in [2.75, 3.05) is 0 Å². The van der Waals surface area contributed by atoms with Crippen LogP contribution in [0.2, 0.25) is 0 Å². The van der Waals surface area contributed by atoms with Crippen molar-refractivity contribution in [2.24, 2.45) is 5.73 Å². The zero-order valence-electron chi connectivity index (χ0n) is 5.17. The molecule has 0 aliphatic heterocycles. The Hall–Kier alpha value is -1.00. The summed E-state index contributed by atoms with van der Waals surface area (Å²) in [4.78, 5) is 0. The molecule has 0 radical (unpaired) electrons. The fourth-order valence-corrected chi connectivity index (χ4v) is 0.614. The quantitative estimate of drug-likeness (QED) is 0.470. The molecule has 1 atom stereocenters. The predicted molar refractivity (Wildman–Crippen MR) is 38.6 cm³/mol. The van der Waals surface area contributed by atoms with Crippen molar-refractivity contribution in [3.05, 3.63) is 24.3 Å². The van der Waals surface area contributed by atoms with Gasteiger partial charge >= 0.3 is 0 Å². The van der Waals surface area contributed by atoms with Crippen molar-refractivity contribution < 1.29 is 0 Å². The second kappa shape index (κ2) is 3.11. The van der Waals surface area contributed by atoms with Gasteiger partial charge in [0.1, 0.15) is 0 Å².